The fourth-order valence-corrected chi connectivity index (χ4v) is 5.09. The van der Waals surface area contributed by atoms with E-state index in [1.165, 1.54) is 5.56 Å². The molecule has 166 valence electrons. The first-order valence-corrected chi connectivity index (χ1v) is 12.1. The number of nitrogens with zero attached hydrogens (tertiary/aromatic N) is 5. The van der Waals surface area contributed by atoms with Crippen molar-refractivity contribution in [3.63, 3.8) is 0 Å². The van der Waals surface area contributed by atoms with Crippen molar-refractivity contribution in [3.8, 4) is 17.1 Å². The van der Waals surface area contributed by atoms with Gasteiger partial charge in [-0.2, -0.15) is 0 Å². The molecule has 6 nitrogen and oxygen atoms in total. The number of aromatic nitrogens is 4. The summed E-state index contributed by atoms with van der Waals surface area (Å²) in [5.41, 5.74) is 4.93. The highest BCUT2D eigenvalue weighted by molar-refractivity contribution is 7.98. The predicted octanol–water partition coefficient (Wildman–Crippen LogP) is 5.17. The molecular weight excluding hydrogens is 430 g/mol. The van der Waals surface area contributed by atoms with E-state index in [0.717, 1.165) is 59.3 Å². The van der Waals surface area contributed by atoms with Crippen LogP contribution in [0.5, 0.6) is 0 Å². The molecule has 0 radical (unpaired) electrons. The maximum absolute atomic E-state index is 13.1. The van der Waals surface area contributed by atoms with Gasteiger partial charge in [0.15, 0.2) is 11.0 Å². The van der Waals surface area contributed by atoms with Crippen molar-refractivity contribution < 1.29 is 4.79 Å². The molecule has 2 aromatic heterocycles. The third kappa shape index (κ3) is 4.54. The van der Waals surface area contributed by atoms with Crippen LogP contribution in [0.4, 0.5) is 0 Å². The van der Waals surface area contributed by atoms with Crippen LogP contribution >= 0.6 is 11.8 Å². The fraction of sp³-hybridized carbons (Fsp3) is 0.231. The molecule has 1 amide bonds. The minimum absolute atomic E-state index is 0.126. The number of carbonyl (C=O) groups excluding carboxylic acids is 1. The molecule has 1 fully saturated rings. The van der Waals surface area contributed by atoms with Crippen molar-refractivity contribution in [1.29, 1.82) is 0 Å². The summed E-state index contributed by atoms with van der Waals surface area (Å²) >= 11 is 1.59. The van der Waals surface area contributed by atoms with E-state index >= 15 is 0 Å². The number of hydrogen-bond donors (Lipinski definition) is 0. The van der Waals surface area contributed by atoms with Crippen molar-refractivity contribution in [2.75, 3.05) is 13.1 Å². The lowest BCUT2D eigenvalue weighted by Crippen LogP contribution is -2.28. The van der Waals surface area contributed by atoms with Gasteiger partial charge in [0.05, 0.1) is 0 Å². The van der Waals surface area contributed by atoms with Gasteiger partial charge in [-0.25, -0.2) is 0 Å². The Hall–Kier alpha value is -3.45. The van der Waals surface area contributed by atoms with Gasteiger partial charge in [0, 0.05) is 48.1 Å². The molecule has 4 aromatic rings. The Kier molecular flexibility index (Phi) is 6.21. The first kappa shape index (κ1) is 21.4. The molecule has 0 bridgehead atoms. The molecule has 1 aliphatic heterocycles. The largest absolute Gasteiger partial charge is 0.339 e. The Balaban J connectivity index is 1.48. The maximum atomic E-state index is 13.1. The molecule has 0 aliphatic carbocycles. The quantitative estimate of drug-likeness (QED) is 0.376. The molecule has 0 atom stereocenters. The number of amides is 1. The number of thioether (sulfide) groups is 1. The molecule has 5 rings (SSSR count). The summed E-state index contributed by atoms with van der Waals surface area (Å²) in [5, 5.41) is 9.83. The van der Waals surface area contributed by atoms with Crippen LogP contribution in [-0.2, 0) is 5.75 Å². The predicted molar refractivity (Wildman–Crippen MR) is 130 cm³/mol. The molecule has 3 heterocycles. The number of carbonyl (C=O) groups is 1. The summed E-state index contributed by atoms with van der Waals surface area (Å²) in [6.07, 6.45) is 5.69. The second-order valence-electron chi connectivity index (χ2n) is 8.16. The molecule has 1 aliphatic rings. The SMILES string of the molecule is Cc1cccc(-n2c(SCc3ccccc3C(=O)N3CCCC3)nnc2-c2ccncc2)c1. The summed E-state index contributed by atoms with van der Waals surface area (Å²) in [6.45, 7) is 3.77. The standard InChI is InChI=1S/C26H25N5OS/c1-19-7-6-9-22(17-19)31-24(20-11-13-27-14-12-20)28-29-26(31)33-18-21-8-2-3-10-23(21)25(32)30-15-4-5-16-30/h2-3,6-14,17H,4-5,15-16,18H2,1H3. The van der Waals surface area contributed by atoms with Crippen LogP contribution in [0, 0.1) is 6.92 Å². The van der Waals surface area contributed by atoms with Gasteiger partial charge in [-0.05, 0) is 61.2 Å². The Morgan fingerprint density at radius 3 is 2.55 bits per heavy atom. The van der Waals surface area contributed by atoms with E-state index in [2.05, 4.69) is 44.9 Å². The number of rotatable bonds is 6. The highest BCUT2D eigenvalue weighted by Gasteiger charge is 2.22. The summed E-state index contributed by atoms with van der Waals surface area (Å²) in [4.78, 5) is 19.2. The van der Waals surface area contributed by atoms with Crippen molar-refractivity contribution in [2.24, 2.45) is 0 Å². The maximum Gasteiger partial charge on any atom is 0.254 e. The topological polar surface area (TPSA) is 63.9 Å². The highest BCUT2D eigenvalue weighted by atomic mass is 32.2. The molecule has 7 heteroatoms. The second-order valence-corrected chi connectivity index (χ2v) is 9.10. The number of aryl methyl sites for hydroxylation is 1. The van der Waals surface area contributed by atoms with E-state index < -0.39 is 0 Å². The number of likely N-dealkylation sites (tertiary alicyclic amines) is 1. The zero-order valence-corrected chi connectivity index (χ0v) is 19.3. The molecule has 2 aromatic carbocycles. The molecule has 33 heavy (non-hydrogen) atoms. The fourth-order valence-electron chi connectivity index (χ4n) is 4.14. The van der Waals surface area contributed by atoms with E-state index in [0.29, 0.717) is 5.75 Å². The van der Waals surface area contributed by atoms with Gasteiger partial charge in [-0.3, -0.25) is 14.3 Å². The Morgan fingerprint density at radius 2 is 1.76 bits per heavy atom. The zero-order valence-electron chi connectivity index (χ0n) is 18.5. The summed E-state index contributed by atoms with van der Waals surface area (Å²) in [5.74, 6) is 1.53. The van der Waals surface area contributed by atoms with Crippen molar-refractivity contribution in [3.05, 3.63) is 89.7 Å². The molecule has 0 N–H and O–H groups in total. The summed E-state index contributed by atoms with van der Waals surface area (Å²) in [6, 6.07) is 20.1. The van der Waals surface area contributed by atoms with Crippen LogP contribution in [0.1, 0.15) is 34.3 Å². The van der Waals surface area contributed by atoms with Gasteiger partial charge in [0.25, 0.3) is 5.91 Å². The minimum atomic E-state index is 0.126. The van der Waals surface area contributed by atoms with Crippen molar-refractivity contribution >= 4 is 17.7 Å². The van der Waals surface area contributed by atoms with Crippen molar-refractivity contribution in [1.82, 2.24) is 24.6 Å². The van der Waals surface area contributed by atoms with Crippen LogP contribution in [-0.4, -0.2) is 43.6 Å². The van der Waals surface area contributed by atoms with E-state index in [1.54, 1.807) is 24.2 Å². The van der Waals surface area contributed by atoms with E-state index in [1.807, 2.05) is 47.4 Å². The molecule has 1 saturated heterocycles. The zero-order chi connectivity index (χ0) is 22.6. The lowest BCUT2D eigenvalue weighted by atomic mass is 10.1. The lowest BCUT2D eigenvalue weighted by molar-refractivity contribution is 0.0792. The van der Waals surface area contributed by atoms with Gasteiger partial charge in [-0.1, -0.05) is 42.1 Å². The Morgan fingerprint density at radius 1 is 0.970 bits per heavy atom. The van der Waals surface area contributed by atoms with Crippen LogP contribution in [0.2, 0.25) is 0 Å². The van der Waals surface area contributed by atoms with Crippen LogP contribution in [0.15, 0.2) is 78.2 Å². The Bertz CT molecular complexity index is 1260. The first-order valence-electron chi connectivity index (χ1n) is 11.1. The summed E-state index contributed by atoms with van der Waals surface area (Å²) in [7, 11) is 0. The highest BCUT2D eigenvalue weighted by Crippen LogP contribution is 2.31. The average Bonchev–Trinajstić information content (AvgIpc) is 3.53. The number of pyridine rings is 1. The third-order valence-electron chi connectivity index (χ3n) is 5.83. The van der Waals surface area contributed by atoms with Gasteiger partial charge in [0.1, 0.15) is 0 Å². The lowest BCUT2D eigenvalue weighted by Gasteiger charge is -2.17. The van der Waals surface area contributed by atoms with Crippen LogP contribution in [0.25, 0.3) is 17.1 Å². The molecule has 0 saturated carbocycles. The number of hydrogen-bond acceptors (Lipinski definition) is 5. The smallest absolute Gasteiger partial charge is 0.254 e. The van der Waals surface area contributed by atoms with Gasteiger partial charge < -0.3 is 4.90 Å². The van der Waals surface area contributed by atoms with Crippen molar-refractivity contribution in [2.45, 2.75) is 30.7 Å². The monoisotopic (exact) mass is 455 g/mol. The van der Waals surface area contributed by atoms with E-state index in [-0.39, 0.29) is 5.91 Å². The normalized spacial score (nSPS) is 13.4. The van der Waals surface area contributed by atoms with Crippen LogP contribution < -0.4 is 0 Å². The Labute approximate surface area is 197 Å². The molecular formula is C26H25N5OS. The first-order chi connectivity index (χ1) is 16.2. The number of benzene rings is 2. The van der Waals surface area contributed by atoms with Gasteiger partial charge in [0.2, 0.25) is 0 Å². The second kappa shape index (κ2) is 9.58. The average molecular weight is 456 g/mol. The van der Waals surface area contributed by atoms with Crippen LogP contribution in [0.3, 0.4) is 0 Å². The van der Waals surface area contributed by atoms with Gasteiger partial charge in [-0.15, -0.1) is 10.2 Å². The van der Waals surface area contributed by atoms with E-state index in [4.69, 9.17) is 0 Å². The molecule has 0 spiro atoms. The van der Waals surface area contributed by atoms with E-state index in [9.17, 15) is 4.79 Å². The van der Waals surface area contributed by atoms with Gasteiger partial charge >= 0.3 is 0 Å². The third-order valence-corrected chi connectivity index (χ3v) is 6.81. The summed E-state index contributed by atoms with van der Waals surface area (Å²) < 4.78 is 2.08. The molecule has 0 unspecified atom stereocenters. The minimum Gasteiger partial charge on any atom is -0.339 e.